The van der Waals surface area contributed by atoms with Crippen molar-refractivity contribution in [2.75, 3.05) is 12.4 Å². The Bertz CT molecular complexity index is 708. The Balaban J connectivity index is 2.23. The van der Waals surface area contributed by atoms with Crippen molar-refractivity contribution >= 4 is 21.6 Å². The zero-order valence-electron chi connectivity index (χ0n) is 11.8. The minimum atomic E-state index is 0.0783. The van der Waals surface area contributed by atoms with Crippen LogP contribution in [0.3, 0.4) is 0 Å². The number of phenols is 1. The van der Waals surface area contributed by atoms with Crippen molar-refractivity contribution in [3.63, 3.8) is 0 Å². The van der Waals surface area contributed by atoms with Gasteiger partial charge in [0.2, 0.25) is 0 Å². The molecule has 0 heterocycles. The number of halogens is 1. The highest BCUT2D eigenvalue weighted by atomic mass is 79.9. The summed E-state index contributed by atoms with van der Waals surface area (Å²) in [4.78, 5) is 0. The highest BCUT2D eigenvalue weighted by molar-refractivity contribution is 9.10. The Kier molecular flexibility index (Phi) is 4.71. The maximum absolute atomic E-state index is 9.79. The third-order valence-corrected chi connectivity index (χ3v) is 3.78. The number of nitrogens with zero attached hydrogens (tertiary/aromatic N) is 1. The molecule has 0 amide bonds. The Labute approximate surface area is 132 Å². The maximum atomic E-state index is 9.79. The Hall–Kier alpha value is -2.19. The second kappa shape index (κ2) is 6.51. The number of hydrogen-bond donors (Lipinski definition) is 2. The number of rotatable bonds is 4. The summed E-state index contributed by atoms with van der Waals surface area (Å²) in [5.74, 6) is 0.487. The summed E-state index contributed by atoms with van der Waals surface area (Å²) in [6.07, 6.45) is 0. The van der Waals surface area contributed by atoms with E-state index in [1.807, 2.05) is 31.2 Å². The van der Waals surface area contributed by atoms with Gasteiger partial charge in [-0.1, -0.05) is 12.1 Å². The lowest BCUT2D eigenvalue weighted by atomic mass is 10.1. The van der Waals surface area contributed by atoms with Gasteiger partial charge < -0.3 is 15.2 Å². The summed E-state index contributed by atoms with van der Waals surface area (Å²) in [7, 11) is 1.51. The highest BCUT2D eigenvalue weighted by Gasteiger charge is 2.09. The number of hydrogen-bond acceptors (Lipinski definition) is 4. The van der Waals surface area contributed by atoms with Crippen LogP contribution in [0.15, 0.2) is 34.8 Å². The minimum absolute atomic E-state index is 0.0783. The summed E-state index contributed by atoms with van der Waals surface area (Å²) in [6.45, 7) is 2.43. The molecule has 2 aromatic rings. The quantitative estimate of drug-likeness (QED) is 0.879. The molecule has 2 N–H and O–H groups in total. The van der Waals surface area contributed by atoms with Gasteiger partial charge in [-0.05, 0) is 52.2 Å². The number of nitriles is 1. The topological polar surface area (TPSA) is 65.3 Å². The van der Waals surface area contributed by atoms with Crippen molar-refractivity contribution in [1.29, 1.82) is 5.26 Å². The predicted molar refractivity (Wildman–Crippen MR) is 85.6 cm³/mol. The Morgan fingerprint density at radius 1 is 1.38 bits per heavy atom. The smallest absolute Gasteiger partial charge is 0.172 e. The van der Waals surface area contributed by atoms with E-state index in [0.29, 0.717) is 22.3 Å². The minimum Gasteiger partial charge on any atom is -0.503 e. The van der Waals surface area contributed by atoms with Gasteiger partial charge in [-0.15, -0.1) is 0 Å². The van der Waals surface area contributed by atoms with Gasteiger partial charge in [-0.2, -0.15) is 5.26 Å². The van der Waals surface area contributed by atoms with E-state index in [1.165, 1.54) is 7.11 Å². The van der Waals surface area contributed by atoms with Crippen LogP contribution >= 0.6 is 15.9 Å². The molecule has 0 fully saturated rings. The molecule has 0 aliphatic heterocycles. The molecule has 21 heavy (non-hydrogen) atoms. The molecule has 0 aliphatic carbocycles. The fraction of sp³-hybridized carbons (Fsp3) is 0.188. The van der Waals surface area contributed by atoms with Crippen LogP contribution in [0.5, 0.6) is 11.5 Å². The molecule has 4 nitrogen and oxygen atoms in total. The zero-order chi connectivity index (χ0) is 15.4. The van der Waals surface area contributed by atoms with E-state index in [2.05, 4.69) is 27.3 Å². The van der Waals surface area contributed by atoms with Crippen LogP contribution in [0.4, 0.5) is 5.69 Å². The van der Waals surface area contributed by atoms with Gasteiger partial charge in [0.15, 0.2) is 11.5 Å². The van der Waals surface area contributed by atoms with Crippen molar-refractivity contribution < 1.29 is 9.84 Å². The van der Waals surface area contributed by atoms with Crippen LogP contribution < -0.4 is 10.1 Å². The molecule has 0 aromatic heterocycles. The van der Waals surface area contributed by atoms with Gasteiger partial charge >= 0.3 is 0 Å². The number of nitrogens with one attached hydrogen (secondary N) is 1. The summed E-state index contributed by atoms with van der Waals surface area (Å²) < 4.78 is 5.69. The third kappa shape index (κ3) is 3.29. The zero-order valence-corrected chi connectivity index (χ0v) is 13.4. The van der Waals surface area contributed by atoms with Gasteiger partial charge in [0.1, 0.15) is 6.07 Å². The Morgan fingerprint density at radius 2 is 2.14 bits per heavy atom. The molecule has 2 rings (SSSR count). The molecule has 0 radical (unpaired) electrons. The lowest BCUT2D eigenvalue weighted by molar-refractivity contribution is 0.371. The molecular weight excluding hydrogens is 332 g/mol. The molecule has 5 heteroatoms. The number of ether oxygens (including phenoxy) is 1. The van der Waals surface area contributed by atoms with E-state index in [0.717, 1.165) is 16.8 Å². The molecule has 0 spiro atoms. The standard InChI is InChI=1S/C16H15BrN2O2/c1-10-4-3-5-14(12(10)8-18)19-9-11-6-13(17)16(20)15(7-11)21-2/h3-7,19-20H,9H2,1-2H3. The summed E-state index contributed by atoms with van der Waals surface area (Å²) in [5.41, 5.74) is 3.30. The van der Waals surface area contributed by atoms with Crippen LogP contribution in [-0.2, 0) is 6.54 Å². The van der Waals surface area contributed by atoms with Crippen LogP contribution in [-0.4, -0.2) is 12.2 Å². The van der Waals surface area contributed by atoms with Crippen LogP contribution in [0, 0.1) is 18.3 Å². The predicted octanol–water partition coefficient (Wildman–Crippen LogP) is 3.96. The van der Waals surface area contributed by atoms with E-state index in [1.54, 1.807) is 6.07 Å². The fourth-order valence-corrected chi connectivity index (χ4v) is 2.54. The number of aromatic hydroxyl groups is 1. The second-order valence-corrected chi connectivity index (χ2v) is 5.45. The molecule has 0 bridgehead atoms. The third-order valence-electron chi connectivity index (χ3n) is 3.18. The molecule has 108 valence electrons. The lowest BCUT2D eigenvalue weighted by Crippen LogP contribution is -2.02. The second-order valence-electron chi connectivity index (χ2n) is 4.59. The Morgan fingerprint density at radius 3 is 2.81 bits per heavy atom. The average molecular weight is 347 g/mol. The van der Waals surface area contributed by atoms with Gasteiger partial charge in [-0.3, -0.25) is 0 Å². The number of anilines is 1. The van der Waals surface area contributed by atoms with Crippen molar-refractivity contribution in [2.24, 2.45) is 0 Å². The van der Waals surface area contributed by atoms with Crippen molar-refractivity contribution in [2.45, 2.75) is 13.5 Å². The summed E-state index contributed by atoms with van der Waals surface area (Å²) in [6, 6.07) is 11.5. The van der Waals surface area contributed by atoms with E-state index in [9.17, 15) is 10.4 Å². The first-order valence-electron chi connectivity index (χ1n) is 6.35. The number of benzene rings is 2. The molecule has 0 saturated carbocycles. The first-order chi connectivity index (χ1) is 10.1. The van der Waals surface area contributed by atoms with Gasteiger partial charge in [0.05, 0.1) is 22.8 Å². The molecule has 0 aliphatic rings. The number of methoxy groups -OCH3 is 1. The molecular formula is C16H15BrN2O2. The van der Waals surface area contributed by atoms with Crippen LogP contribution in [0.25, 0.3) is 0 Å². The SMILES string of the molecule is COc1cc(CNc2cccc(C)c2C#N)cc(Br)c1O. The van der Waals surface area contributed by atoms with Gasteiger partial charge in [0, 0.05) is 6.54 Å². The van der Waals surface area contributed by atoms with Crippen molar-refractivity contribution in [3.8, 4) is 17.6 Å². The van der Waals surface area contributed by atoms with Crippen LogP contribution in [0.2, 0.25) is 0 Å². The number of aryl methyl sites for hydroxylation is 1. The summed E-state index contributed by atoms with van der Waals surface area (Å²) in [5, 5.41) is 22.2. The largest absolute Gasteiger partial charge is 0.503 e. The molecule has 0 atom stereocenters. The van der Waals surface area contributed by atoms with Crippen molar-refractivity contribution in [3.05, 3.63) is 51.5 Å². The van der Waals surface area contributed by atoms with Crippen molar-refractivity contribution in [1.82, 2.24) is 0 Å². The summed E-state index contributed by atoms with van der Waals surface area (Å²) >= 11 is 3.29. The average Bonchev–Trinajstić information content (AvgIpc) is 2.48. The molecule has 0 saturated heterocycles. The lowest BCUT2D eigenvalue weighted by Gasteiger charge is -2.12. The molecule has 0 unspecified atom stereocenters. The number of phenolic OH excluding ortho intramolecular Hbond substituents is 1. The monoisotopic (exact) mass is 346 g/mol. The van der Waals surface area contributed by atoms with E-state index >= 15 is 0 Å². The van der Waals surface area contributed by atoms with E-state index in [4.69, 9.17) is 4.74 Å². The van der Waals surface area contributed by atoms with E-state index < -0.39 is 0 Å². The first-order valence-corrected chi connectivity index (χ1v) is 7.15. The fourth-order valence-electron chi connectivity index (χ4n) is 2.05. The van der Waals surface area contributed by atoms with E-state index in [-0.39, 0.29) is 5.75 Å². The van der Waals surface area contributed by atoms with Crippen LogP contribution in [0.1, 0.15) is 16.7 Å². The van der Waals surface area contributed by atoms with Gasteiger partial charge in [-0.25, -0.2) is 0 Å². The highest BCUT2D eigenvalue weighted by Crippen LogP contribution is 2.35. The normalized spacial score (nSPS) is 10.0. The maximum Gasteiger partial charge on any atom is 0.172 e. The van der Waals surface area contributed by atoms with Gasteiger partial charge in [0.25, 0.3) is 0 Å². The first kappa shape index (κ1) is 15.2. The molecule has 2 aromatic carbocycles.